The number of unbranched alkanes of at least 4 members (excludes halogenated alkanes) is 29. The minimum absolute atomic E-state index is 0.0437. The lowest BCUT2D eigenvalue weighted by molar-refractivity contribution is -0.142. The van der Waals surface area contributed by atoms with Crippen molar-refractivity contribution in [1.82, 2.24) is 15.1 Å². The summed E-state index contributed by atoms with van der Waals surface area (Å²) < 4.78 is 5.54. The number of carbonyl (C=O) groups excluding carboxylic acids is 2. The number of amides is 2. The quantitative estimate of drug-likeness (QED) is 0.0632. The number of nitrogens with zero attached hydrogens (tertiary/aromatic N) is 2. The van der Waals surface area contributed by atoms with Crippen LogP contribution in [0.15, 0.2) is 0 Å². The van der Waals surface area contributed by atoms with E-state index in [0.717, 1.165) is 65.1 Å². The molecule has 0 aliphatic carbocycles. The van der Waals surface area contributed by atoms with Crippen LogP contribution in [0.5, 0.6) is 0 Å². The first-order valence-electron chi connectivity index (χ1n) is 24.4. The molecule has 1 unspecified atom stereocenters. The van der Waals surface area contributed by atoms with Gasteiger partial charge < -0.3 is 15.0 Å². The highest BCUT2D eigenvalue weighted by atomic mass is 16.5. The van der Waals surface area contributed by atoms with E-state index >= 15 is 0 Å². The van der Waals surface area contributed by atoms with Crippen molar-refractivity contribution in [3.8, 4) is 0 Å². The molecule has 6 heteroatoms. The highest BCUT2D eigenvalue weighted by Gasteiger charge is 2.32. The Morgan fingerprint density at radius 2 is 0.907 bits per heavy atom. The summed E-state index contributed by atoms with van der Waals surface area (Å²) in [5, 5.41) is 3.25. The molecule has 2 amide bonds. The average Bonchev–Trinajstić information content (AvgIpc) is 3.17. The van der Waals surface area contributed by atoms with E-state index in [1.54, 1.807) is 0 Å². The van der Waals surface area contributed by atoms with E-state index < -0.39 is 0 Å². The first kappa shape index (κ1) is 50.9. The molecule has 1 aliphatic rings. The van der Waals surface area contributed by atoms with Gasteiger partial charge in [0.1, 0.15) is 6.04 Å². The van der Waals surface area contributed by atoms with Crippen molar-refractivity contribution in [3.05, 3.63) is 0 Å². The van der Waals surface area contributed by atoms with Gasteiger partial charge in [-0.3, -0.25) is 14.5 Å². The van der Waals surface area contributed by atoms with Crippen LogP contribution in [0, 0.1) is 5.92 Å². The average molecular weight is 762 g/mol. The van der Waals surface area contributed by atoms with Crippen LogP contribution in [-0.4, -0.2) is 73.6 Å². The van der Waals surface area contributed by atoms with E-state index in [2.05, 4.69) is 37.9 Å². The molecule has 0 bridgehead atoms. The van der Waals surface area contributed by atoms with Gasteiger partial charge in [0, 0.05) is 39.1 Å². The smallest absolute Gasteiger partial charge is 0.243 e. The summed E-state index contributed by atoms with van der Waals surface area (Å²) in [6.07, 6.45) is 42.9. The number of hydrogen-bond acceptors (Lipinski definition) is 4. The maximum absolute atomic E-state index is 13.8. The van der Waals surface area contributed by atoms with Gasteiger partial charge in [0.15, 0.2) is 0 Å². The van der Waals surface area contributed by atoms with E-state index in [1.165, 1.54) is 180 Å². The number of nitrogens with one attached hydrogen (secondary N) is 1. The second-order valence-corrected chi connectivity index (χ2v) is 17.4. The third-order valence-corrected chi connectivity index (χ3v) is 11.9. The second-order valence-electron chi connectivity index (χ2n) is 17.4. The van der Waals surface area contributed by atoms with Crippen LogP contribution in [-0.2, 0) is 14.3 Å². The summed E-state index contributed by atoms with van der Waals surface area (Å²) >= 11 is 0. The van der Waals surface area contributed by atoms with Gasteiger partial charge in [0.25, 0.3) is 0 Å². The largest absolute Gasteiger partial charge is 0.379 e. The molecule has 1 aliphatic heterocycles. The molecule has 1 rings (SSSR count). The summed E-state index contributed by atoms with van der Waals surface area (Å²) in [6.45, 7) is 14.6. The van der Waals surface area contributed by atoms with E-state index in [4.69, 9.17) is 4.74 Å². The van der Waals surface area contributed by atoms with Crippen LogP contribution >= 0.6 is 0 Å². The zero-order valence-electron chi connectivity index (χ0n) is 37.1. The molecular formula is C48H95N3O3. The molecule has 0 aromatic heterocycles. The van der Waals surface area contributed by atoms with E-state index in [9.17, 15) is 9.59 Å². The lowest BCUT2D eigenvalue weighted by atomic mass is 9.99. The van der Waals surface area contributed by atoms with Gasteiger partial charge in [-0.05, 0) is 25.2 Å². The first-order valence-corrected chi connectivity index (χ1v) is 24.4. The predicted octanol–water partition coefficient (Wildman–Crippen LogP) is 13.2. The minimum Gasteiger partial charge on any atom is -0.379 e. The van der Waals surface area contributed by atoms with Gasteiger partial charge in [-0.15, -0.1) is 0 Å². The van der Waals surface area contributed by atoms with Crippen molar-refractivity contribution in [2.24, 2.45) is 5.92 Å². The molecule has 0 saturated carbocycles. The van der Waals surface area contributed by atoms with Crippen LogP contribution < -0.4 is 5.32 Å². The van der Waals surface area contributed by atoms with Gasteiger partial charge in [-0.2, -0.15) is 0 Å². The molecular weight excluding hydrogens is 667 g/mol. The van der Waals surface area contributed by atoms with Crippen molar-refractivity contribution in [3.63, 3.8) is 0 Å². The highest BCUT2D eigenvalue weighted by molar-refractivity contribution is 5.87. The Labute approximate surface area is 337 Å². The van der Waals surface area contributed by atoms with Gasteiger partial charge in [-0.1, -0.05) is 214 Å². The lowest BCUT2D eigenvalue weighted by Gasteiger charge is -2.35. The SMILES string of the molecule is CCCCCCCCCCCCCCCCCCNC(=O)C(C(C)C)N(CCCN1CCOCC1)C(=O)CCCCCCCCCCCCCCCCC. The van der Waals surface area contributed by atoms with Crippen molar-refractivity contribution < 1.29 is 14.3 Å². The fourth-order valence-corrected chi connectivity index (χ4v) is 8.29. The van der Waals surface area contributed by atoms with E-state index in [0.29, 0.717) is 13.0 Å². The Morgan fingerprint density at radius 1 is 0.537 bits per heavy atom. The fourth-order valence-electron chi connectivity index (χ4n) is 8.29. The second kappa shape index (κ2) is 38.7. The standard InChI is InChI=1S/C48H95N3O3/c1-5-7-9-11-13-15-17-19-21-23-25-27-29-31-33-35-38-49-48(53)47(45(3)4)51(40-36-39-50-41-43-54-44-42-50)46(52)37-34-32-30-28-26-24-22-20-18-16-14-12-10-8-6-2/h45,47H,5-44H2,1-4H3,(H,49,53). The summed E-state index contributed by atoms with van der Waals surface area (Å²) in [6, 6.07) is -0.389. The van der Waals surface area contributed by atoms with Crippen LogP contribution in [0.4, 0.5) is 0 Å². The monoisotopic (exact) mass is 762 g/mol. The molecule has 0 aromatic rings. The van der Waals surface area contributed by atoms with Gasteiger partial charge in [-0.25, -0.2) is 0 Å². The molecule has 6 nitrogen and oxygen atoms in total. The van der Waals surface area contributed by atoms with Gasteiger partial charge in [0.05, 0.1) is 13.2 Å². The third kappa shape index (κ3) is 30.1. The lowest BCUT2D eigenvalue weighted by Crippen LogP contribution is -2.53. The number of hydrogen-bond donors (Lipinski definition) is 1. The van der Waals surface area contributed by atoms with Crippen LogP contribution in [0.1, 0.15) is 240 Å². The Balaban J connectivity index is 2.31. The maximum atomic E-state index is 13.8. The van der Waals surface area contributed by atoms with Gasteiger partial charge in [0.2, 0.25) is 11.8 Å². The summed E-state index contributed by atoms with van der Waals surface area (Å²) in [7, 11) is 0. The molecule has 0 aromatic carbocycles. The van der Waals surface area contributed by atoms with Crippen LogP contribution in [0.25, 0.3) is 0 Å². The zero-order chi connectivity index (χ0) is 39.2. The summed E-state index contributed by atoms with van der Waals surface area (Å²) in [5.74, 6) is 0.300. The summed E-state index contributed by atoms with van der Waals surface area (Å²) in [4.78, 5) is 31.8. The Morgan fingerprint density at radius 3 is 1.30 bits per heavy atom. The third-order valence-electron chi connectivity index (χ3n) is 11.9. The number of ether oxygens (including phenoxy) is 1. The highest BCUT2D eigenvalue weighted by Crippen LogP contribution is 2.19. The maximum Gasteiger partial charge on any atom is 0.243 e. The Hall–Kier alpha value is -1.14. The van der Waals surface area contributed by atoms with Crippen molar-refractivity contribution in [2.75, 3.05) is 45.9 Å². The Bertz CT molecular complexity index is 815. The molecule has 1 saturated heterocycles. The molecule has 320 valence electrons. The van der Waals surface area contributed by atoms with Crippen molar-refractivity contribution in [2.45, 2.75) is 246 Å². The number of carbonyl (C=O) groups is 2. The van der Waals surface area contributed by atoms with Crippen molar-refractivity contribution in [1.29, 1.82) is 0 Å². The van der Waals surface area contributed by atoms with Crippen molar-refractivity contribution >= 4 is 11.8 Å². The zero-order valence-corrected chi connectivity index (χ0v) is 37.1. The molecule has 0 radical (unpaired) electrons. The molecule has 1 fully saturated rings. The molecule has 0 spiro atoms. The topological polar surface area (TPSA) is 61.9 Å². The molecule has 1 N–H and O–H groups in total. The molecule has 54 heavy (non-hydrogen) atoms. The van der Waals surface area contributed by atoms with Crippen LogP contribution in [0.2, 0.25) is 0 Å². The molecule has 1 atom stereocenters. The van der Waals surface area contributed by atoms with E-state index in [1.807, 2.05) is 4.90 Å². The predicted molar refractivity (Wildman–Crippen MR) is 234 cm³/mol. The van der Waals surface area contributed by atoms with Gasteiger partial charge >= 0.3 is 0 Å². The minimum atomic E-state index is -0.389. The number of rotatable bonds is 40. The van der Waals surface area contributed by atoms with Crippen LogP contribution in [0.3, 0.4) is 0 Å². The Kier molecular flexibility index (Phi) is 36.5. The summed E-state index contributed by atoms with van der Waals surface area (Å²) in [5.41, 5.74) is 0. The normalized spacial score (nSPS) is 14.2. The molecule has 1 heterocycles. The van der Waals surface area contributed by atoms with E-state index in [-0.39, 0.29) is 23.8 Å². The number of morpholine rings is 1. The fraction of sp³-hybridized carbons (Fsp3) is 0.958. The first-order chi connectivity index (χ1) is 26.5.